The molecule has 0 aliphatic heterocycles. The average Bonchev–Trinajstić information content (AvgIpc) is 2.73. The third-order valence-electron chi connectivity index (χ3n) is 2.93. The van der Waals surface area contributed by atoms with Crippen LogP contribution in [-0.2, 0) is 17.1 Å². The van der Waals surface area contributed by atoms with Gasteiger partial charge in [-0.2, -0.15) is 0 Å². The Kier molecular flexibility index (Phi) is 6.68. The summed E-state index contributed by atoms with van der Waals surface area (Å²) in [4.78, 5) is 23.0. The molecule has 0 atom stereocenters. The van der Waals surface area contributed by atoms with Gasteiger partial charge < -0.3 is 14.0 Å². The van der Waals surface area contributed by atoms with Gasteiger partial charge in [0.25, 0.3) is 5.69 Å². The van der Waals surface area contributed by atoms with Crippen molar-refractivity contribution in [3.05, 3.63) is 45.3 Å². The minimum Gasteiger partial charge on any atom is -0.406 e. The number of nitrogens with zero attached hydrogens (tertiary/aromatic N) is 4. The van der Waals surface area contributed by atoms with Crippen molar-refractivity contribution < 1.29 is 60.7 Å². The summed E-state index contributed by atoms with van der Waals surface area (Å²) in [6.45, 7) is 1.42. The van der Waals surface area contributed by atoms with Gasteiger partial charge in [0.15, 0.2) is 6.03 Å². The molecule has 2 aromatic rings. The average molecular weight is 402 g/mol. The van der Waals surface area contributed by atoms with Crippen LogP contribution in [0.3, 0.4) is 0 Å². The molecule has 0 N–H and O–H groups in total. The Bertz CT molecular complexity index is 966. The molecule has 1 aromatic carbocycles. The number of hydrogen-bond donors (Lipinski definition) is 0. The van der Waals surface area contributed by atoms with Gasteiger partial charge in [-0.25, -0.2) is 13.5 Å². The number of rotatable bonds is 3. The summed E-state index contributed by atoms with van der Waals surface area (Å²) in [6.07, 6.45) is -4.93. The van der Waals surface area contributed by atoms with Crippen molar-refractivity contribution in [1.82, 2.24) is 14.3 Å². The van der Waals surface area contributed by atoms with E-state index in [-0.39, 0.29) is 40.1 Å². The molecule has 0 radical (unpaired) electrons. The van der Waals surface area contributed by atoms with Gasteiger partial charge in [0.1, 0.15) is 11.6 Å². The van der Waals surface area contributed by atoms with Gasteiger partial charge in [0, 0.05) is 7.05 Å². The summed E-state index contributed by atoms with van der Waals surface area (Å²) in [5, 5.41) is 3.56. The van der Waals surface area contributed by atoms with E-state index in [1.165, 1.54) is 14.0 Å². The molecule has 1 heterocycles. The predicted octanol–water partition coefficient (Wildman–Crippen LogP) is -1.48. The van der Waals surface area contributed by atoms with E-state index < -0.39 is 38.8 Å². The number of halogens is 3. The van der Waals surface area contributed by atoms with Crippen LogP contribution in [0.5, 0.6) is 5.75 Å². The number of benzene rings is 1. The topological polar surface area (TPSA) is 114 Å². The molecule has 0 aliphatic carbocycles. The maximum Gasteiger partial charge on any atom is 1.00 e. The molecule has 0 saturated heterocycles. The fourth-order valence-corrected chi connectivity index (χ4v) is 2.54. The van der Waals surface area contributed by atoms with Crippen LogP contribution < -0.4 is 40.0 Å². The summed E-state index contributed by atoms with van der Waals surface area (Å²) in [6, 6.07) is 1.60. The van der Waals surface area contributed by atoms with Crippen molar-refractivity contribution in [2.24, 2.45) is 7.05 Å². The zero-order chi connectivity index (χ0) is 19.0. The van der Waals surface area contributed by atoms with E-state index in [1.807, 2.05) is 0 Å². The number of aromatic nitrogens is 3. The van der Waals surface area contributed by atoms with E-state index in [4.69, 9.17) is 0 Å². The Balaban J connectivity index is 0.00000338. The van der Waals surface area contributed by atoms with Crippen molar-refractivity contribution in [3.63, 3.8) is 0 Å². The summed E-state index contributed by atoms with van der Waals surface area (Å²) in [5.41, 5.74) is -0.893. The molecule has 26 heavy (non-hydrogen) atoms. The number of ether oxygens (including phenoxy) is 1. The molecule has 0 unspecified atom stereocenters. The molecule has 0 saturated carbocycles. The minimum absolute atomic E-state index is 0. The standard InChI is InChI=1S/C12H11F3N4O5S.Na/c1-7-16-19(11(21)18(7)2)10(20)17-25(22,23)9-5-3-8(4-6-9)24-12(13,14)15;/h3-6H,1-2H3,(H,17,20);/q;+1/p-1. The number of alkyl halides is 3. The van der Waals surface area contributed by atoms with Crippen LogP contribution in [-0.4, -0.2) is 35.2 Å². The molecular weight excluding hydrogens is 392 g/mol. The molecule has 0 aliphatic rings. The summed E-state index contributed by atoms with van der Waals surface area (Å²) < 4.78 is 68.0. The van der Waals surface area contributed by atoms with Crippen LogP contribution in [0.15, 0.2) is 34.0 Å². The first-order chi connectivity index (χ1) is 11.4. The Hall–Kier alpha value is -1.83. The minimum atomic E-state index is -4.93. The van der Waals surface area contributed by atoms with Crippen LogP contribution in [0, 0.1) is 6.92 Å². The zero-order valence-corrected chi connectivity index (χ0v) is 16.5. The van der Waals surface area contributed by atoms with Crippen LogP contribution >= 0.6 is 0 Å². The van der Waals surface area contributed by atoms with E-state index in [9.17, 15) is 31.2 Å². The number of hydrogen-bond acceptors (Lipinski definition) is 6. The first-order valence-electron chi connectivity index (χ1n) is 6.41. The normalized spacial score (nSPS) is 11.6. The molecule has 1 amide bonds. The van der Waals surface area contributed by atoms with Crippen molar-refractivity contribution in [2.45, 2.75) is 18.2 Å². The SMILES string of the molecule is Cc1nn(C(=O)[N-]S(=O)(=O)c2ccc(OC(F)(F)F)cc2)c(=O)n1C.[Na+]. The van der Waals surface area contributed by atoms with E-state index >= 15 is 0 Å². The third kappa shape index (κ3) is 5.09. The van der Waals surface area contributed by atoms with Crippen molar-refractivity contribution >= 4 is 16.1 Å². The van der Waals surface area contributed by atoms with Crippen LogP contribution in [0.2, 0.25) is 0 Å². The Morgan fingerprint density at radius 3 is 2.19 bits per heavy atom. The van der Waals surface area contributed by atoms with Crippen molar-refractivity contribution in [1.29, 1.82) is 0 Å². The maximum absolute atomic E-state index is 12.1. The second-order valence-electron chi connectivity index (χ2n) is 4.67. The largest absolute Gasteiger partial charge is 1.00 e. The maximum atomic E-state index is 12.1. The van der Waals surface area contributed by atoms with E-state index in [0.29, 0.717) is 0 Å². The predicted molar refractivity (Wildman–Crippen MR) is 76.7 cm³/mol. The molecular formula is C12H10F3N4NaO5S. The van der Waals surface area contributed by atoms with Gasteiger partial charge >= 0.3 is 35.9 Å². The number of aryl methyl sites for hydroxylation is 1. The van der Waals surface area contributed by atoms with Gasteiger partial charge in [0.2, 0.25) is 10.0 Å². The molecule has 0 bridgehead atoms. The van der Waals surface area contributed by atoms with Gasteiger partial charge in [0.05, 0.1) is 4.90 Å². The number of carbonyl (C=O) groups is 1. The van der Waals surface area contributed by atoms with E-state index in [2.05, 4.69) is 14.6 Å². The molecule has 2 rings (SSSR count). The molecule has 9 nitrogen and oxygen atoms in total. The Labute approximate surface area is 167 Å². The van der Waals surface area contributed by atoms with Gasteiger partial charge in [-0.05, 0) is 31.2 Å². The van der Waals surface area contributed by atoms with Crippen molar-refractivity contribution in [3.8, 4) is 5.75 Å². The quantitative estimate of drug-likeness (QED) is 0.579. The number of amides is 1. The first-order valence-corrected chi connectivity index (χ1v) is 7.85. The molecule has 14 heteroatoms. The summed E-state index contributed by atoms with van der Waals surface area (Å²) in [7, 11) is -3.24. The summed E-state index contributed by atoms with van der Waals surface area (Å²) >= 11 is 0. The Morgan fingerprint density at radius 2 is 1.77 bits per heavy atom. The van der Waals surface area contributed by atoms with Gasteiger partial charge in [-0.15, -0.1) is 13.2 Å². The van der Waals surface area contributed by atoms with Crippen LogP contribution in [0.1, 0.15) is 5.82 Å². The smallest absolute Gasteiger partial charge is 0.406 e. The fraction of sp³-hybridized carbons (Fsp3) is 0.250. The molecule has 1 aromatic heterocycles. The summed E-state index contributed by atoms with van der Waals surface area (Å²) in [5.74, 6) is -0.492. The fourth-order valence-electron chi connectivity index (χ4n) is 1.67. The van der Waals surface area contributed by atoms with E-state index in [1.54, 1.807) is 0 Å². The monoisotopic (exact) mass is 402 g/mol. The molecule has 136 valence electrons. The molecule has 0 fully saturated rings. The van der Waals surface area contributed by atoms with Crippen LogP contribution in [0.4, 0.5) is 18.0 Å². The van der Waals surface area contributed by atoms with Crippen LogP contribution in [0.25, 0.3) is 4.72 Å². The van der Waals surface area contributed by atoms with E-state index in [0.717, 1.165) is 28.8 Å². The first kappa shape index (κ1) is 22.2. The van der Waals surface area contributed by atoms with Gasteiger partial charge in [-0.3, -0.25) is 14.3 Å². The second-order valence-corrected chi connectivity index (χ2v) is 6.27. The third-order valence-corrected chi connectivity index (χ3v) is 4.20. The number of carbonyl (C=O) groups excluding carboxylic acids is 1. The molecule has 0 spiro atoms. The van der Waals surface area contributed by atoms with Gasteiger partial charge in [-0.1, -0.05) is 0 Å². The number of sulfonamides is 1. The Morgan fingerprint density at radius 1 is 1.23 bits per heavy atom. The second kappa shape index (κ2) is 7.82. The zero-order valence-electron chi connectivity index (χ0n) is 13.7. The van der Waals surface area contributed by atoms with Crippen molar-refractivity contribution in [2.75, 3.05) is 0 Å².